The van der Waals surface area contributed by atoms with Crippen LogP contribution >= 0.6 is 0 Å². The van der Waals surface area contributed by atoms with Crippen LogP contribution in [0.5, 0.6) is 0 Å². The smallest absolute Gasteiger partial charge is 0.0994 e. The van der Waals surface area contributed by atoms with Crippen molar-refractivity contribution in [2.75, 3.05) is 0 Å². The lowest BCUT2D eigenvalue weighted by Gasteiger charge is -2.27. The molecule has 2 rings (SSSR count). The highest BCUT2D eigenvalue weighted by Gasteiger charge is 2.22. The normalized spacial score (nSPS) is 27.0. The Labute approximate surface area is 104 Å². The molecule has 0 aromatic carbocycles. The Kier molecular flexibility index (Phi) is 4.15. The minimum absolute atomic E-state index is 0.0377. The van der Waals surface area contributed by atoms with Crippen molar-refractivity contribution in [3.63, 3.8) is 0 Å². The summed E-state index contributed by atoms with van der Waals surface area (Å²) in [5, 5.41) is 8.44. The van der Waals surface area contributed by atoms with E-state index < -0.39 is 0 Å². The van der Waals surface area contributed by atoms with Crippen molar-refractivity contribution in [2.45, 2.75) is 64.5 Å². The van der Waals surface area contributed by atoms with Gasteiger partial charge in [-0.05, 0) is 38.0 Å². The minimum Gasteiger partial charge on any atom is -0.323 e. The van der Waals surface area contributed by atoms with Crippen molar-refractivity contribution in [2.24, 2.45) is 11.7 Å². The van der Waals surface area contributed by atoms with Crippen LogP contribution in [0.15, 0.2) is 6.20 Å². The van der Waals surface area contributed by atoms with Gasteiger partial charge in [-0.1, -0.05) is 25.5 Å². The monoisotopic (exact) mass is 236 g/mol. The molecule has 17 heavy (non-hydrogen) atoms. The summed E-state index contributed by atoms with van der Waals surface area (Å²) in [6.45, 7) is 4.37. The van der Waals surface area contributed by atoms with Crippen LogP contribution in [0, 0.1) is 5.92 Å². The summed E-state index contributed by atoms with van der Waals surface area (Å²) in [6.07, 6.45) is 9.42. The lowest BCUT2D eigenvalue weighted by atomic mass is 9.85. The third-order valence-electron chi connectivity index (χ3n) is 4.12. The van der Waals surface area contributed by atoms with E-state index in [1.807, 2.05) is 10.9 Å². The fourth-order valence-corrected chi connectivity index (χ4v) is 2.67. The largest absolute Gasteiger partial charge is 0.323 e. The van der Waals surface area contributed by atoms with Crippen LogP contribution < -0.4 is 5.73 Å². The van der Waals surface area contributed by atoms with Gasteiger partial charge in [0, 0.05) is 0 Å². The maximum absolute atomic E-state index is 5.96. The quantitative estimate of drug-likeness (QED) is 0.874. The highest BCUT2D eigenvalue weighted by atomic mass is 15.4. The Bertz CT molecular complexity index is 339. The maximum atomic E-state index is 5.96. The van der Waals surface area contributed by atoms with Gasteiger partial charge in [0.15, 0.2) is 0 Å². The molecule has 1 heterocycles. The van der Waals surface area contributed by atoms with E-state index in [2.05, 4.69) is 24.2 Å². The molecule has 4 nitrogen and oxygen atoms in total. The van der Waals surface area contributed by atoms with E-state index in [-0.39, 0.29) is 6.04 Å². The Morgan fingerprint density at radius 2 is 2.06 bits per heavy atom. The van der Waals surface area contributed by atoms with Gasteiger partial charge in [0.2, 0.25) is 0 Å². The first-order chi connectivity index (χ1) is 8.24. The zero-order chi connectivity index (χ0) is 12.3. The van der Waals surface area contributed by atoms with E-state index in [0.717, 1.165) is 18.0 Å². The van der Waals surface area contributed by atoms with Crippen LogP contribution in [0.2, 0.25) is 0 Å². The van der Waals surface area contributed by atoms with Gasteiger partial charge in [0.1, 0.15) is 0 Å². The predicted octanol–water partition coefficient (Wildman–Crippen LogP) is 2.83. The van der Waals surface area contributed by atoms with E-state index >= 15 is 0 Å². The van der Waals surface area contributed by atoms with Crippen LogP contribution in [0.4, 0.5) is 0 Å². The summed E-state index contributed by atoms with van der Waals surface area (Å²) in [6, 6.07) is 0.582. The van der Waals surface area contributed by atoms with Crippen molar-refractivity contribution in [1.29, 1.82) is 0 Å². The van der Waals surface area contributed by atoms with Gasteiger partial charge < -0.3 is 5.73 Å². The van der Waals surface area contributed by atoms with Crippen molar-refractivity contribution in [1.82, 2.24) is 15.0 Å². The molecule has 0 aliphatic heterocycles. The molecule has 1 aliphatic carbocycles. The molecule has 0 amide bonds. The first-order valence-corrected chi connectivity index (χ1v) is 6.91. The summed E-state index contributed by atoms with van der Waals surface area (Å²) in [7, 11) is 0. The Balaban J connectivity index is 1.97. The molecular weight excluding hydrogens is 212 g/mol. The van der Waals surface area contributed by atoms with Crippen molar-refractivity contribution in [3.05, 3.63) is 11.9 Å². The van der Waals surface area contributed by atoms with Crippen molar-refractivity contribution < 1.29 is 0 Å². The maximum Gasteiger partial charge on any atom is 0.0994 e. The molecule has 2 N–H and O–H groups in total. The molecule has 1 aromatic heterocycles. The van der Waals surface area contributed by atoms with Crippen LogP contribution in [-0.4, -0.2) is 15.0 Å². The highest BCUT2D eigenvalue weighted by molar-refractivity contribution is 5.00. The average Bonchev–Trinajstić information content (AvgIpc) is 2.87. The fourth-order valence-electron chi connectivity index (χ4n) is 2.67. The fraction of sp³-hybridized carbons (Fsp3) is 0.846. The predicted molar refractivity (Wildman–Crippen MR) is 68.5 cm³/mol. The zero-order valence-corrected chi connectivity index (χ0v) is 11.0. The zero-order valence-electron chi connectivity index (χ0n) is 11.0. The summed E-state index contributed by atoms with van der Waals surface area (Å²) in [5.41, 5.74) is 6.90. The molecule has 96 valence electrons. The molecule has 1 atom stereocenters. The molecular formula is C13H24N4. The summed E-state index contributed by atoms with van der Waals surface area (Å²) in [5.74, 6) is 0.923. The van der Waals surface area contributed by atoms with Crippen LogP contribution in [0.3, 0.4) is 0 Å². The molecule has 1 unspecified atom stereocenters. The first kappa shape index (κ1) is 12.6. The third kappa shape index (κ3) is 2.86. The van der Waals surface area contributed by atoms with Crippen LogP contribution in [0.1, 0.15) is 70.2 Å². The molecule has 1 fully saturated rings. The molecule has 1 aromatic rings. The van der Waals surface area contributed by atoms with E-state index in [9.17, 15) is 0 Å². The molecule has 0 bridgehead atoms. The standard InChI is InChI=1S/C13H24N4/c1-3-10-5-7-11(8-6-10)17-9-13(15-16-17)12(14)4-2/h9-12H,3-8,14H2,1-2H3. The number of rotatable bonds is 4. The third-order valence-corrected chi connectivity index (χ3v) is 4.12. The molecule has 1 saturated carbocycles. The van der Waals surface area contributed by atoms with Crippen LogP contribution in [-0.2, 0) is 0 Å². The first-order valence-electron chi connectivity index (χ1n) is 6.91. The lowest BCUT2D eigenvalue weighted by Crippen LogP contribution is -2.18. The summed E-state index contributed by atoms with van der Waals surface area (Å²) < 4.78 is 2.04. The second-order valence-electron chi connectivity index (χ2n) is 5.22. The SMILES string of the molecule is CCC1CCC(n2cc(C(N)CC)nn2)CC1. The molecule has 0 saturated heterocycles. The Morgan fingerprint density at radius 3 is 2.65 bits per heavy atom. The summed E-state index contributed by atoms with van der Waals surface area (Å²) >= 11 is 0. The van der Waals surface area contributed by atoms with Gasteiger partial charge in [0.25, 0.3) is 0 Å². The number of hydrogen-bond acceptors (Lipinski definition) is 3. The Hall–Kier alpha value is -0.900. The van der Waals surface area contributed by atoms with E-state index in [4.69, 9.17) is 5.73 Å². The van der Waals surface area contributed by atoms with E-state index in [1.54, 1.807) is 0 Å². The van der Waals surface area contributed by atoms with Gasteiger partial charge in [-0.25, -0.2) is 4.68 Å². The second kappa shape index (κ2) is 5.63. The molecule has 4 heteroatoms. The van der Waals surface area contributed by atoms with Gasteiger partial charge >= 0.3 is 0 Å². The minimum atomic E-state index is 0.0377. The van der Waals surface area contributed by atoms with Gasteiger partial charge in [0.05, 0.1) is 24.0 Å². The number of hydrogen-bond donors (Lipinski definition) is 1. The Morgan fingerprint density at radius 1 is 1.35 bits per heavy atom. The topological polar surface area (TPSA) is 56.7 Å². The number of aromatic nitrogens is 3. The molecule has 0 spiro atoms. The van der Waals surface area contributed by atoms with Gasteiger partial charge in [-0.3, -0.25) is 0 Å². The van der Waals surface area contributed by atoms with Gasteiger partial charge in [-0.15, -0.1) is 5.10 Å². The van der Waals surface area contributed by atoms with Gasteiger partial charge in [-0.2, -0.15) is 0 Å². The molecule has 1 aliphatic rings. The number of nitrogens with zero attached hydrogens (tertiary/aromatic N) is 3. The lowest BCUT2D eigenvalue weighted by molar-refractivity contribution is 0.253. The highest BCUT2D eigenvalue weighted by Crippen LogP contribution is 2.33. The van der Waals surface area contributed by atoms with E-state index in [0.29, 0.717) is 6.04 Å². The average molecular weight is 236 g/mol. The van der Waals surface area contributed by atoms with Crippen molar-refractivity contribution >= 4 is 0 Å². The van der Waals surface area contributed by atoms with Crippen molar-refractivity contribution in [3.8, 4) is 0 Å². The van der Waals surface area contributed by atoms with E-state index in [1.165, 1.54) is 32.1 Å². The second-order valence-corrected chi connectivity index (χ2v) is 5.22. The molecule has 0 radical (unpaired) electrons. The van der Waals surface area contributed by atoms with Crippen LogP contribution in [0.25, 0.3) is 0 Å². The number of nitrogens with two attached hydrogens (primary N) is 1. The summed E-state index contributed by atoms with van der Waals surface area (Å²) in [4.78, 5) is 0.